The lowest BCUT2D eigenvalue weighted by Crippen LogP contribution is -2.20. The van der Waals surface area contributed by atoms with Gasteiger partial charge in [-0.15, -0.1) is 0 Å². The van der Waals surface area contributed by atoms with Crippen LogP contribution < -0.4 is 31.3 Å². The van der Waals surface area contributed by atoms with Crippen molar-refractivity contribution in [1.82, 2.24) is 94.7 Å². The molecule has 1 aliphatic heterocycles. The van der Waals surface area contributed by atoms with Crippen LogP contribution >= 0.6 is 0 Å². The molecule has 10 aromatic heterocycles. The van der Waals surface area contributed by atoms with Crippen LogP contribution in [0.2, 0.25) is 0 Å². The maximum absolute atomic E-state index is 9.53. The molecular formula is C68H68N24O2. The lowest BCUT2D eigenvalue weighted by Gasteiger charge is -2.27. The van der Waals surface area contributed by atoms with E-state index in [4.69, 9.17) is 4.74 Å². The van der Waals surface area contributed by atoms with Crippen molar-refractivity contribution in [2.24, 2.45) is 0 Å². The summed E-state index contributed by atoms with van der Waals surface area (Å²) in [6.45, 7) is 7.89. The smallest absolute Gasteiger partial charge is 0.182 e. The summed E-state index contributed by atoms with van der Waals surface area (Å²) < 4.78 is 5.67. The molecule has 0 radical (unpaired) electrons. The number of anilines is 5. The van der Waals surface area contributed by atoms with Gasteiger partial charge in [0.25, 0.3) is 0 Å². The number of fused-ring (bicyclic) bond motifs is 6. The normalized spacial score (nSPS) is 13.6. The molecule has 0 saturated heterocycles. The molecule has 0 spiro atoms. The van der Waals surface area contributed by atoms with Crippen LogP contribution in [0.25, 0.3) is 55.7 Å². The van der Waals surface area contributed by atoms with Crippen molar-refractivity contribution in [3.63, 3.8) is 0 Å². The van der Waals surface area contributed by atoms with E-state index < -0.39 is 0 Å². The zero-order valence-corrected chi connectivity index (χ0v) is 51.5. The molecule has 26 nitrogen and oxygen atoms in total. The third-order valence-corrected chi connectivity index (χ3v) is 15.4. The summed E-state index contributed by atoms with van der Waals surface area (Å²) in [6, 6.07) is 51.0. The first-order chi connectivity index (χ1) is 46.3. The average molecular weight is 1250 g/mol. The van der Waals surface area contributed by atoms with Crippen LogP contribution in [0.15, 0.2) is 215 Å². The zero-order valence-electron chi connectivity index (χ0n) is 51.5. The summed E-state index contributed by atoms with van der Waals surface area (Å²) in [5.41, 5.74) is 13.6. The van der Waals surface area contributed by atoms with Gasteiger partial charge in [0.1, 0.15) is 58.6 Å². The number of H-pyrrole nitrogens is 5. The van der Waals surface area contributed by atoms with Crippen molar-refractivity contribution >= 4 is 84.8 Å². The second-order valence-corrected chi connectivity index (χ2v) is 21.7. The Bertz CT molecular complexity index is 4660. The number of hydrogen-bond donors (Lipinski definition) is 11. The average Bonchev–Trinajstić information content (AvgIpc) is 1.72. The Hall–Kier alpha value is -12.3. The van der Waals surface area contributed by atoms with Crippen molar-refractivity contribution in [1.29, 1.82) is 0 Å². The summed E-state index contributed by atoms with van der Waals surface area (Å²) in [4.78, 5) is 73.7. The minimum absolute atomic E-state index is 0.0242. The van der Waals surface area contributed by atoms with E-state index in [0.717, 1.165) is 86.2 Å². The maximum Gasteiger partial charge on any atom is 0.182 e. The Morgan fingerprint density at radius 3 is 1.44 bits per heavy atom. The number of ether oxygens (including phenoxy) is 1. The molecule has 11 N–H and O–H groups in total. The van der Waals surface area contributed by atoms with E-state index in [1.54, 1.807) is 37.8 Å². The van der Waals surface area contributed by atoms with Crippen LogP contribution in [0.4, 0.5) is 29.1 Å². The molecule has 94 heavy (non-hydrogen) atoms. The number of para-hydroxylation sites is 1. The number of aliphatic hydroxyl groups is 1. The maximum atomic E-state index is 9.53. The third-order valence-electron chi connectivity index (χ3n) is 15.4. The fourth-order valence-electron chi connectivity index (χ4n) is 10.4. The summed E-state index contributed by atoms with van der Waals surface area (Å²) in [5, 5.41) is 26.3. The number of benzene rings is 5. The van der Waals surface area contributed by atoms with Crippen LogP contribution in [0.5, 0.6) is 5.75 Å². The predicted octanol–water partition coefficient (Wildman–Crippen LogP) is 12.0. The quantitative estimate of drug-likeness (QED) is 0.0428. The fraction of sp³-hybridized carbons (Fsp3) is 0.176. The molecular weight excluding hydrogens is 1180 g/mol. The molecule has 5 atom stereocenters. The zero-order chi connectivity index (χ0) is 64.3. The van der Waals surface area contributed by atoms with E-state index in [1.807, 2.05) is 97.1 Å². The fourth-order valence-corrected chi connectivity index (χ4v) is 10.4. The Labute approximate surface area is 539 Å². The van der Waals surface area contributed by atoms with Gasteiger partial charge in [0, 0.05) is 24.7 Å². The molecule has 0 saturated carbocycles. The summed E-state index contributed by atoms with van der Waals surface area (Å²) in [7, 11) is 0. The standard InChI is InChI=1S/C14H13N5O.C14H15N5.C14H14N4.C13H13N5O.C13H13N5/c1-2-4-11-9(3-1)10(5-6-20-11)19-14-12-13(16-7-15-12)17-8-18-14;1-10(11-5-3-2-4-6-11)7-15-13-12-14(17-8-16-12)19-9-18-13;1-10(11-5-3-2-4-6-11)18-14-13-12(7-8-15-14)16-9-17-13;19-6-10(9-4-2-1-3-5-9)18-13-11-12(15-7-14-11)16-8-17-13;1-9(10-5-3-2-4-6-10)18-13-11-12(15-7-14-11)16-8-17-13/h1-4,7-8,10H,5-6H2,(H2,15,16,17,18,19);2-6,8-10H,7H2,1H3,(H2,15,16,17,18,19);2-10H,1H3,(H,15,18)(H,16,17);1-5,7-8,10,19H,6H2,(H2,14,15,16,17,18);2-9H,1H3,(H2,14,15,16,17,18)/t10-;;2*10-;9-/m1.111/s1. The Morgan fingerprint density at radius 1 is 0.436 bits per heavy atom. The summed E-state index contributed by atoms with van der Waals surface area (Å²) >= 11 is 0. The van der Waals surface area contributed by atoms with Gasteiger partial charge in [-0.1, -0.05) is 146 Å². The first kappa shape index (κ1) is 61.9. The molecule has 0 bridgehead atoms. The Balaban J connectivity index is 0.000000113. The summed E-state index contributed by atoms with van der Waals surface area (Å²) in [6.07, 6.45) is 16.8. The van der Waals surface area contributed by atoms with E-state index in [2.05, 4.69) is 197 Å². The number of aromatic amines is 5. The van der Waals surface area contributed by atoms with Gasteiger partial charge in [-0.25, -0.2) is 69.8 Å². The molecule has 11 heterocycles. The Morgan fingerprint density at radius 2 is 0.883 bits per heavy atom. The molecule has 5 aromatic carbocycles. The highest BCUT2D eigenvalue weighted by Crippen LogP contribution is 2.35. The first-order valence-electron chi connectivity index (χ1n) is 30.5. The number of pyridine rings is 1. The number of aliphatic hydroxyl groups excluding tert-OH is 1. The van der Waals surface area contributed by atoms with Crippen molar-refractivity contribution < 1.29 is 9.84 Å². The molecule has 472 valence electrons. The number of imidazole rings is 5. The second-order valence-electron chi connectivity index (χ2n) is 21.7. The molecule has 0 aliphatic carbocycles. The second kappa shape index (κ2) is 30.5. The van der Waals surface area contributed by atoms with Crippen LogP contribution in [-0.2, 0) is 0 Å². The third kappa shape index (κ3) is 15.3. The highest BCUT2D eigenvalue weighted by atomic mass is 16.5. The van der Waals surface area contributed by atoms with Crippen molar-refractivity contribution in [2.75, 3.05) is 46.3 Å². The lowest BCUT2D eigenvalue weighted by atomic mass is 10.0. The highest BCUT2D eigenvalue weighted by molar-refractivity contribution is 5.86. The lowest BCUT2D eigenvalue weighted by molar-refractivity contribution is 0.274. The van der Waals surface area contributed by atoms with Gasteiger partial charge in [-0.05, 0) is 54.2 Å². The number of nitrogens with zero attached hydrogens (tertiary/aromatic N) is 14. The van der Waals surface area contributed by atoms with Gasteiger partial charge in [0.15, 0.2) is 51.7 Å². The molecule has 0 fully saturated rings. The van der Waals surface area contributed by atoms with Crippen LogP contribution in [0.1, 0.15) is 85.1 Å². The number of hydrogen-bond acceptors (Lipinski definition) is 21. The van der Waals surface area contributed by atoms with Crippen molar-refractivity contribution in [3.8, 4) is 5.75 Å². The van der Waals surface area contributed by atoms with E-state index in [9.17, 15) is 5.11 Å². The van der Waals surface area contributed by atoms with Gasteiger partial charge >= 0.3 is 0 Å². The first-order valence-corrected chi connectivity index (χ1v) is 30.5. The van der Waals surface area contributed by atoms with E-state index >= 15 is 0 Å². The molecule has 16 rings (SSSR count). The number of rotatable bonds is 16. The molecule has 1 unspecified atom stereocenters. The van der Waals surface area contributed by atoms with Gasteiger partial charge in [0.2, 0.25) is 0 Å². The van der Waals surface area contributed by atoms with Crippen molar-refractivity contribution in [3.05, 3.63) is 243 Å². The van der Waals surface area contributed by atoms with Gasteiger partial charge < -0.3 is 61.3 Å². The largest absolute Gasteiger partial charge is 0.493 e. The topological polar surface area (TPSA) is 349 Å². The summed E-state index contributed by atoms with van der Waals surface area (Å²) in [5.74, 6) is 5.13. The number of aromatic nitrogens is 19. The van der Waals surface area contributed by atoms with Crippen LogP contribution in [0.3, 0.4) is 0 Å². The van der Waals surface area contributed by atoms with Crippen molar-refractivity contribution in [2.45, 2.75) is 57.3 Å². The minimum atomic E-state index is -0.220. The Kier molecular flexibility index (Phi) is 20.1. The molecule has 1 aliphatic rings. The SMILES string of the molecule is CC(CNc1ncnc2nc[nH]c12)c1ccccc1.C[C@@H](Nc1nccc2[nH]cnc12)c1ccccc1.C[C@@H](Nc1ncnc2nc[nH]c12)c1ccccc1.OC[C@@H](Nc1ncnc2nc[nH]c12)c1ccccc1.c1ccc2c(c1)OCC[C@H]2Nc1ncnc2nc[nH]c12. The van der Waals surface area contributed by atoms with E-state index in [0.29, 0.717) is 40.9 Å². The van der Waals surface area contributed by atoms with Gasteiger partial charge in [-0.2, -0.15) is 0 Å². The monoisotopic (exact) mass is 1250 g/mol. The van der Waals surface area contributed by atoms with Crippen LogP contribution in [0, 0.1) is 0 Å². The minimum Gasteiger partial charge on any atom is -0.493 e. The van der Waals surface area contributed by atoms with Gasteiger partial charge in [-0.3, -0.25) is 0 Å². The van der Waals surface area contributed by atoms with Gasteiger partial charge in [0.05, 0.1) is 74.5 Å². The number of nitrogens with one attached hydrogen (secondary N) is 10. The van der Waals surface area contributed by atoms with E-state index in [1.165, 1.54) is 42.0 Å². The van der Waals surface area contributed by atoms with Crippen LogP contribution in [-0.4, -0.2) is 120 Å². The molecule has 26 heteroatoms. The highest BCUT2D eigenvalue weighted by Gasteiger charge is 2.23. The molecule has 0 amide bonds. The van der Waals surface area contributed by atoms with E-state index in [-0.39, 0.29) is 30.8 Å². The predicted molar refractivity (Wildman–Crippen MR) is 364 cm³/mol. The molecule has 15 aromatic rings.